The smallest absolute Gasteiger partial charge is 0.0722 e. The lowest BCUT2D eigenvalue weighted by atomic mass is 10.0. The maximum atomic E-state index is 5.93. The van der Waals surface area contributed by atoms with Crippen LogP contribution in [0.15, 0.2) is 0 Å². The highest BCUT2D eigenvalue weighted by atomic mass is 16.5. The molecule has 0 fully saturated rings. The van der Waals surface area contributed by atoms with Gasteiger partial charge in [-0.3, -0.25) is 0 Å². The van der Waals surface area contributed by atoms with Gasteiger partial charge in [-0.05, 0) is 48.1 Å². The molecule has 4 nitrogen and oxygen atoms in total. The summed E-state index contributed by atoms with van der Waals surface area (Å²) in [5.41, 5.74) is 5.63. The molecule has 0 amide bonds. The van der Waals surface area contributed by atoms with Crippen LogP contribution in [0.5, 0.6) is 0 Å². The van der Waals surface area contributed by atoms with Crippen molar-refractivity contribution >= 4 is 0 Å². The van der Waals surface area contributed by atoms with Crippen LogP contribution in [0.25, 0.3) is 0 Å². The fourth-order valence-corrected chi connectivity index (χ4v) is 1.37. The fourth-order valence-electron chi connectivity index (χ4n) is 1.37. The molecule has 0 aromatic heterocycles. The lowest BCUT2D eigenvalue weighted by Gasteiger charge is -2.27. The van der Waals surface area contributed by atoms with E-state index in [1.807, 2.05) is 27.8 Å². The Hall–Kier alpha value is -0.160. The molecule has 0 saturated heterocycles. The van der Waals surface area contributed by atoms with E-state index < -0.39 is 0 Å². The van der Waals surface area contributed by atoms with Gasteiger partial charge in [-0.15, -0.1) is 0 Å². The van der Waals surface area contributed by atoms with Crippen molar-refractivity contribution < 1.29 is 9.47 Å². The van der Waals surface area contributed by atoms with Crippen LogP contribution >= 0.6 is 0 Å². The third-order valence-corrected chi connectivity index (χ3v) is 3.08. The average Bonchev–Trinajstić information content (AvgIpc) is 2.22. The molecule has 0 aromatic rings. The number of hydrogen-bond donors (Lipinski definition) is 2. The van der Waals surface area contributed by atoms with E-state index in [0.717, 1.165) is 6.42 Å². The van der Waals surface area contributed by atoms with Crippen molar-refractivity contribution in [3.63, 3.8) is 0 Å². The van der Waals surface area contributed by atoms with Crippen molar-refractivity contribution in [1.82, 2.24) is 5.32 Å². The van der Waals surface area contributed by atoms with Crippen LogP contribution in [-0.2, 0) is 9.47 Å². The van der Waals surface area contributed by atoms with Gasteiger partial charge < -0.3 is 20.5 Å². The van der Waals surface area contributed by atoms with Gasteiger partial charge in [0.15, 0.2) is 0 Å². The summed E-state index contributed by atoms with van der Waals surface area (Å²) in [6.45, 7) is 11.4. The first kappa shape index (κ1) is 16.8. The SMILES string of the molecule is CNC(C)CC(C)OCCOC(C)C(C)(C)N. The maximum absolute atomic E-state index is 5.93. The number of rotatable bonds is 9. The number of ether oxygens (including phenoxy) is 2. The molecule has 0 bridgehead atoms. The Kier molecular flexibility index (Phi) is 7.96. The zero-order valence-electron chi connectivity index (χ0n) is 12.2. The summed E-state index contributed by atoms with van der Waals surface area (Å²) < 4.78 is 11.3. The molecular formula is C13H30N2O2. The summed E-state index contributed by atoms with van der Waals surface area (Å²) in [4.78, 5) is 0. The second-order valence-corrected chi connectivity index (χ2v) is 5.44. The summed E-state index contributed by atoms with van der Waals surface area (Å²) >= 11 is 0. The van der Waals surface area contributed by atoms with E-state index in [1.165, 1.54) is 0 Å². The largest absolute Gasteiger partial charge is 0.376 e. The molecule has 3 unspecified atom stereocenters. The molecule has 0 rings (SSSR count). The van der Waals surface area contributed by atoms with E-state index in [-0.39, 0.29) is 17.7 Å². The van der Waals surface area contributed by atoms with Crippen molar-refractivity contribution in [2.45, 2.75) is 64.8 Å². The minimum atomic E-state index is -0.299. The first-order valence-corrected chi connectivity index (χ1v) is 6.46. The normalized spacial score (nSPS) is 17.8. The number of nitrogens with one attached hydrogen (secondary N) is 1. The van der Waals surface area contributed by atoms with Crippen LogP contribution in [0.1, 0.15) is 41.0 Å². The van der Waals surface area contributed by atoms with Gasteiger partial charge in [0.1, 0.15) is 0 Å². The van der Waals surface area contributed by atoms with Gasteiger partial charge in [-0.2, -0.15) is 0 Å². The van der Waals surface area contributed by atoms with Crippen LogP contribution < -0.4 is 11.1 Å². The molecule has 17 heavy (non-hydrogen) atoms. The van der Waals surface area contributed by atoms with Crippen molar-refractivity contribution in [3.05, 3.63) is 0 Å². The lowest BCUT2D eigenvalue weighted by Crippen LogP contribution is -2.45. The van der Waals surface area contributed by atoms with Crippen molar-refractivity contribution in [3.8, 4) is 0 Å². The first-order chi connectivity index (χ1) is 7.77. The standard InChI is InChI=1S/C13H30N2O2/c1-10(15-6)9-11(2)16-7-8-17-12(3)13(4,5)14/h10-12,15H,7-9,14H2,1-6H3. The first-order valence-electron chi connectivity index (χ1n) is 6.46. The molecule has 0 aliphatic rings. The summed E-state index contributed by atoms with van der Waals surface area (Å²) in [5.74, 6) is 0. The minimum absolute atomic E-state index is 0.0395. The van der Waals surface area contributed by atoms with Crippen molar-refractivity contribution in [2.75, 3.05) is 20.3 Å². The lowest BCUT2D eigenvalue weighted by molar-refractivity contribution is -0.0333. The van der Waals surface area contributed by atoms with E-state index in [2.05, 4.69) is 19.2 Å². The van der Waals surface area contributed by atoms with Gasteiger partial charge in [0.2, 0.25) is 0 Å². The monoisotopic (exact) mass is 246 g/mol. The fraction of sp³-hybridized carbons (Fsp3) is 1.00. The topological polar surface area (TPSA) is 56.5 Å². The zero-order valence-corrected chi connectivity index (χ0v) is 12.2. The van der Waals surface area contributed by atoms with Gasteiger partial charge in [0.05, 0.1) is 25.4 Å². The van der Waals surface area contributed by atoms with Gasteiger partial charge in [-0.1, -0.05) is 0 Å². The molecule has 104 valence electrons. The van der Waals surface area contributed by atoms with E-state index >= 15 is 0 Å². The predicted octanol–water partition coefficient (Wildman–Crippen LogP) is 1.53. The quantitative estimate of drug-likeness (QED) is 0.606. The van der Waals surface area contributed by atoms with E-state index in [9.17, 15) is 0 Å². The minimum Gasteiger partial charge on any atom is -0.376 e. The van der Waals surface area contributed by atoms with Crippen LogP contribution in [0, 0.1) is 0 Å². The molecule has 0 aliphatic heterocycles. The molecule has 0 aliphatic carbocycles. The maximum Gasteiger partial charge on any atom is 0.0722 e. The van der Waals surface area contributed by atoms with Gasteiger partial charge in [0.25, 0.3) is 0 Å². The van der Waals surface area contributed by atoms with Crippen LogP contribution in [0.4, 0.5) is 0 Å². The second-order valence-electron chi connectivity index (χ2n) is 5.44. The molecule has 0 saturated carbocycles. The number of hydrogen-bond acceptors (Lipinski definition) is 4. The Morgan fingerprint density at radius 1 is 1.12 bits per heavy atom. The summed E-state index contributed by atoms with van der Waals surface area (Å²) in [7, 11) is 1.96. The molecular weight excluding hydrogens is 216 g/mol. The highest BCUT2D eigenvalue weighted by Gasteiger charge is 2.20. The van der Waals surface area contributed by atoms with Gasteiger partial charge >= 0.3 is 0 Å². The van der Waals surface area contributed by atoms with Crippen LogP contribution in [0.2, 0.25) is 0 Å². The van der Waals surface area contributed by atoms with E-state index in [4.69, 9.17) is 15.2 Å². The summed E-state index contributed by atoms with van der Waals surface area (Å²) in [6, 6.07) is 0.479. The van der Waals surface area contributed by atoms with Gasteiger partial charge in [-0.25, -0.2) is 0 Å². The van der Waals surface area contributed by atoms with Crippen molar-refractivity contribution in [1.29, 1.82) is 0 Å². The Labute approximate surface area is 106 Å². The number of nitrogens with two attached hydrogens (primary N) is 1. The zero-order chi connectivity index (χ0) is 13.5. The van der Waals surface area contributed by atoms with E-state index in [0.29, 0.717) is 19.3 Å². The highest BCUT2D eigenvalue weighted by molar-refractivity contribution is 4.79. The summed E-state index contributed by atoms with van der Waals surface area (Å²) in [5, 5.41) is 3.20. The Balaban J connectivity index is 3.58. The van der Waals surface area contributed by atoms with Gasteiger partial charge in [0, 0.05) is 11.6 Å². The summed E-state index contributed by atoms with van der Waals surface area (Å²) in [6.07, 6.45) is 1.30. The highest BCUT2D eigenvalue weighted by Crippen LogP contribution is 2.08. The second kappa shape index (κ2) is 8.03. The molecule has 3 atom stereocenters. The molecule has 0 heterocycles. The van der Waals surface area contributed by atoms with Crippen LogP contribution in [0.3, 0.4) is 0 Å². The molecule has 4 heteroatoms. The van der Waals surface area contributed by atoms with Crippen LogP contribution in [-0.4, -0.2) is 44.1 Å². The molecule has 0 aromatic carbocycles. The molecule has 3 N–H and O–H groups in total. The molecule has 0 radical (unpaired) electrons. The molecule has 0 spiro atoms. The average molecular weight is 246 g/mol. The Morgan fingerprint density at radius 2 is 1.65 bits per heavy atom. The Bertz CT molecular complexity index is 192. The third kappa shape index (κ3) is 8.55. The Morgan fingerprint density at radius 3 is 2.12 bits per heavy atom. The third-order valence-electron chi connectivity index (χ3n) is 3.08. The van der Waals surface area contributed by atoms with Crippen molar-refractivity contribution in [2.24, 2.45) is 5.73 Å². The predicted molar refractivity (Wildman–Crippen MR) is 72.2 cm³/mol. The van der Waals surface area contributed by atoms with E-state index in [1.54, 1.807) is 0 Å².